The van der Waals surface area contributed by atoms with Crippen molar-refractivity contribution in [1.29, 1.82) is 5.26 Å². The van der Waals surface area contributed by atoms with E-state index >= 15 is 9.18 Å². The number of anilines is 4. The molecule has 21 nitrogen and oxygen atoms in total. The van der Waals surface area contributed by atoms with Crippen molar-refractivity contribution in [2.75, 3.05) is 66.1 Å². The number of sulfonamides is 1. The number of amides is 3. The Hall–Kier alpha value is -7.47. The molecule has 6 aromatic rings. The largest absolute Gasteiger partial charge is 0.396 e. The summed E-state index contributed by atoms with van der Waals surface area (Å²) in [5.74, 6) is -5.28. The molecule has 9 rings (SSSR count). The fourth-order valence-electron chi connectivity index (χ4n) is 10.5. The topological polar surface area (TPSA) is 259 Å². The van der Waals surface area contributed by atoms with Gasteiger partial charge in [-0.3, -0.25) is 29.0 Å². The smallest absolute Gasteiger partial charge is 0.252 e. The van der Waals surface area contributed by atoms with Crippen LogP contribution in [0.25, 0.3) is 5.65 Å². The lowest BCUT2D eigenvalue weighted by Gasteiger charge is -2.39. The van der Waals surface area contributed by atoms with Crippen LogP contribution in [0.15, 0.2) is 101 Å². The Bertz CT molecular complexity index is 3520. The van der Waals surface area contributed by atoms with E-state index in [-0.39, 0.29) is 92.5 Å². The van der Waals surface area contributed by atoms with Gasteiger partial charge in [0.2, 0.25) is 21.8 Å². The van der Waals surface area contributed by atoms with Crippen LogP contribution in [-0.2, 0) is 53.4 Å². The molecule has 3 atom stereocenters. The number of carbonyl (C=O) groups excluding carboxylic acids is 3. The number of benzene rings is 2. The van der Waals surface area contributed by atoms with Crippen molar-refractivity contribution in [1.82, 2.24) is 34.2 Å². The minimum atomic E-state index is -4.59. The van der Waals surface area contributed by atoms with Gasteiger partial charge < -0.3 is 34.7 Å². The number of hydrogen-bond acceptors (Lipinski definition) is 15. The lowest BCUT2D eigenvalue weighted by atomic mass is 9.87. The second-order valence-corrected chi connectivity index (χ2v) is 22.4. The molecule has 3 fully saturated rings. The maximum Gasteiger partial charge on any atom is 0.252 e. The highest BCUT2D eigenvalue weighted by molar-refractivity contribution is 7.89. The van der Waals surface area contributed by atoms with Crippen LogP contribution < -0.4 is 35.6 Å². The average molecular weight is 1170 g/mol. The van der Waals surface area contributed by atoms with Crippen molar-refractivity contribution >= 4 is 68.1 Å². The number of piperidine rings is 1. The molecule has 0 bridgehead atoms. The number of ether oxygens (including phenoxy) is 2. The van der Waals surface area contributed by atoms with E-state index in [2.05, 4.69) is 37.3 Å². The summed E-state index contributed by atoms with van der Waals surface area (Å²) in [5.41, 5.74) is 1.99. The molecule has 0 radical (unpaired) electrons. The second kappa shape index (κ2) is 26.2. The fraction of sp³-hybridized carbons (Fsp3) is 0.429. The maximum atomic E-state index is 15.9. The highest BCUT2D eigenvalue weighted by Gasteiger charge is 2.49. The van der Waals surface area contributed by atoms with Crippen LogP contribution >= 0.6 is 11.6 Å². The Morgan fingerprint density at radius 1 is 1.00 bits per heavy atom. The van der Waals surface area contributed by atoms with Gasteiger partial charge in [0.15, 0.2) is 5.65 Å². The zero-order valence-corrected chi connectivity index (χ0v) is 46.4. The van der Waals surface area contributed by atoms with E-state index < -0.39 is 81.0 Å². The van der Waals surface area contributed by atoms with Crippen LogP contribution in [0.2, 0.25) is 5.02 Å². The van der Waals surface area contributed by atoms with Crippen LogP contribution in [0, 0.1) is 17.1 Å². The number of aliphatic hydroxyl groups is 1. The molecule has 0 spiro atoms. The molecule has 4 N–H and O–H groups in total. The molecule has 1 saturated carbocycles. The third kappa shape index (κ3) is 13.7. The molecule has 4 aromatic heterocycles. The number of nitriles is 1. The van der Waals surface area contributed by atoms with Gasteiger partial charge in [-0.1, -0.05) is 42.8 Å². The van der Waals surface area contributed by atoms with E-state index in [9.17, 15) is 42.0 Å². The molecule has 82 heavy (non-hydrogen) atoms. The Kier molecular flexibility index (Phi) is 18.9. The number of pyridine rings is 2. The number of rotatable bonds is 25. The number of halogens is 4. The van der Waals surface area contributed by atoms with Crippen molar-refractivity contribution in [2.45, 2.75) is 113 Å². The first-order chi connectivity index (χ1) is 39.5. The number of aryl methyl sites for hydroxylation is 1. The highest BCUT2D eigenvalue weighted by Crippen LogP contribution is 2.41. The molecule has 2 aromatic carbocycles. The first-order valence-corrected chi connectivity index (χ1v) is 28.9. The summed E-state index contributed by atoms with van der Waals surface area (Å²) < 4.78 is 88.8. The minimum absolute atomic E-state index is 0.0261. The van der Waals surface area contributed by atoms with Crippen LogP contribution in [0.5, 0.6) is 0 Å². The second-order valence-electron chi connectivity index (χ2n) is 20.2. The number of hydrogen-bond donors (Lipinski definition) is 4. The third-order valence-electron chi connectivity index (χ3n) is 14.6. The summed E-state index contributed by atoms with van der Waals surface area (Å²) in [6.07, 6.45) is 7.61. The van der Waals surface area contributed by atoms with Gasteiger partial charge in [0, 0.05) is 110 Å². The zero-order valence-electron chi connectivity index (χ0n) is 44.9. The minimum Gasteiger partial charge on any atom is -0.396 e. The van der Waals surface area contributed by atoms with E-state index in [0.29, 0.717) is 19.0 Å². The van der Waals surface area contributed by atoms with E-state index in [1.54, 1.807) is 16.8 Å². The van der Waals surface area contributed by atoms with Crippen molar-refractivity contribution in [2.24, 2.45) is 0 Å². The molecule has 26 heteroatoms. The Morgan fingerprint density at radius 3 is 2.55 bits per heavy atom. The first kappa shape index (κ1) is 59.2. The molecule has 2 unspecified atom stereocenters. The quantitative estimate of drug-likeness (QED) is 0.0475. The van der Waals surface area contributed by atoms with Gasteiger partial charge >= 0.3 is 0 Å². The number of nitrogens with one attached hydrogen (secondary N) is 3. The maximum absolute atomic E-state index is 15.9. The van der Waals surface area contributed by atoms with Crippen molar-refractivity contribution in [3.05, 3.63) is 135 Å². The van der Waals surface area contributed by atoms with E-state index in [1.807, 2.05) is 18.3 Å². The molecular weight excluding hydrogens is 1110 g/mol. The van der Waals surface area contributed by atoms with Crippen molar-refractivity contribution in [3.8, 4) is 6.07 Å². The van der Waals surface area contributed by atoms with Crippen LogP contribution in [-0.4, -0.2) is 126 Å². The lowest BCUT2D eigenvalue weighted by molar-refractivity contribution is -0.133. The van der Waals surface area contributed by atoms with Gasteiger partial charge in [-0.25, -0.2) is 36.3 Å². The van der Waals surface area contributed by atoms with E-state index in [1.165, 1.54) is 53.2 Å². The van der Waals surface area contributed by atoms with Crippen LogP contribution in [0.3, 0.4) is 0 Å². The third-order valence-corrected chi connectivity index (χ3v) is 16.4. The lowest BCUT2D eigenvalue weighted by Crippen LogP contribution is -2.56. The fourth-order valence-corrected chi connectivity index (χ4v) is 11.8. The molecule has 3 amide bonds. The number of alkyl halides is 2. The summed E-state index contributed by atoms with van der Waals surface area (Å²) in [7, 11) is -4.59. The SMILES string of the molecule is CCc1cnn2c(NCc3ccc(=O)n(CCOCCOCCNS(=O)(=O)c4cc(F)cc(N(C(=O)C5CCC(=O)N5c5cc(C#N)ccn5)C(C(=O)NC5CC(F)(F)C5)c5ccccc5Cl)c4)c3)cc(N3CCCC[C@H]3CCO)nc12. The van der Waals surface area contributed by atoms with Crippen molar-refractivity contribution in [3.63, 3.8) is 0 Å². The van der Waals surface area contributed by atoms with Gasteiger partial charge in [0.1, 0.15) is 35.4 Å². The predicted octanol–water partition coefficient (Wildman–Crippen LogP) is 6.06. The first-order valence-electron chi connectivity index (χ1n) is 27.1. The monoisotopic (exact) mass is 1170 g/mol. The zero-order chi connectivity index (χ0) is 58.1. The van der Waals surface area contributed by atoms with E-state index in [4.69, 9.17) is 26.1 Å². The molecular formula is C56H62ClF3N12O9S. The van der Waals surface area contributed by atoms with Gasteiger partial charge in [-0.2, -0.15) is 14.9 Å². The molecule has 3 aliphatic rings. The summed E-state index contributed by atoms with van der Waals surface area (Å²) in [6.45, 7) is 3.40. The van der Waals surface area contributed by atoms with Crippen LogP contribution in [0.4, 0.5) is 36.3 Å². The number of aromatic nitrogens is 5. The number of carbonyl (C=O) groups is 3. The average Bonchev–Trinajstić information content (AvgIpc) is 3.47. The molecule has 2 saturated heterocycles. The standard InChI is InChI=1S/C56H62ClF3N12O9S/c1-2-38-34-64-72-48(29-49(67-53(38)72)69-18-6-5-7-41(69)15-20-73)63-33-37-10-12-50(74)68(35-37)19-22-81-24-23-80-21-17-65-82(78,79)43-27-39(58)26-42(28-43)70(55(77)46-11-13-51(75)71(46)47-25-36(32-61)14-16-62-47)52(44-8-3-4-9-45(44)57)54(76)66-40-30-56(59,60)31-40/h3-4,8-10,12,14,16,25-29,34-35,40-41,46,52,63,65,73H,2,5-7,11,13,15,17-24,30-31,33H2,1H3,(H,66,76)/t41-,46?,52?/m0/s1. The van der Waals surface area contributed by atoms with Gasteiger partial charge in [-0.05, 0) is 80.5 Å². The normalized spacial score (nSPS) is 17.6. The summed E-state index contributed by atoms with van der Waals surface area (Å²) in [5, 5.41) is 29.9. The van der Waals surface area contributed by atoms with Gasteiger partial charge in [0.05, 0.1) is 49.2 Å². The summed E-state index contributed by atoms with van der Waals surface area (Å²) in [4.78, 5) is 68.6. The number of nitrogens with zero attached hydrogens (tertiary/aromatic N) is 9. The van der Waals surface area contributed by atoms with Crippen LogP contribution in [0.1, 0.15) is 86.6 Å². The summed E-state index contributed by atoms with van der Waals surface area (Å²) in [6, 6.07) is 14.1. The van der Waals surface area contributed by atoms with E-state index in [0.717, 1.165) is 82.6 Å². The Labute approximate surface area is 476 Å². The molecule has 2 aliphatic heterocycles. The highest BCUT2D eigenvalue weighted by atomic mass is 35.5. The number of aliphatic hydroxyl groups excluding tert-OH is 1. The Morgan fingerprint density at radius 2 is 1.79 bits per heavy atom. The number of fused-ring (bicyclic) bond motifs is 1. The Balaban J connectivity index is 0.830. The molecule has 6 heterocycles. The molecule has 1 aliphatic carbocycles. The van der Waals surface area contributed by atoms with Gasteiger partial charge in [0.25, 0.3) is 17.4 Å². The van der Waals surface area contributed by atoms with Crippen molar-refractivity contribution < 1.29 is 50.6 Å². The van der Waals surface area contributed by atoms with Gasteiger partial charge in [-0.15, -0.1) is 0 Å². The summed E-state index contributed by atoms with van der Waals surface area (Å²) >= 11 is 6.66. The predicted molar refractivity (Wildman–Crippen MR) is 298 cm³/mol. The molecule has 434 valence electrons.